The largest absolute Gasteiger partial charge is 0.409 e. The van der Waals surface area contributed by atoms with E-state index in [0.717, 1.165) is 0 Å². The van der Waals surface area contributed by atoms with Crippen molar-refractivity contribution in [2.75, 3.05) is 5.32 Å². The first-order valence-corrected chi connectivity index (χ1v) is 4.62. The Balaban J connectivity index is 2.86. The van der Waals surface area contributed by atoms with Gasteiger partial charge in [-0.05, 0) is 19.1 Å². The van der Waals surface area contributed by atoms with Gasteiger partial charge in [0.2, 0.25) is 0 Å². The summed E-state index contributed by atoms with van der Waals surface area (Å²) in [6, 6.07) is 4.08. The number of hydrogen-bond donors (Lipinski definition) is 3. The lowest BCUT2D eigenvalue weighted by Gasteiger charge is -2.14. The van der Waals surface area contributed by atoms with Gasteiger partial charge in [0, 0.05) is 0 Å². The van der Waals surface area contributed by atoms with Gasteiger partial charge >= 0.3 is 0 Å². The molecular formula is C9H11ClFN3O. The number of rotatable bonds is 3. The average Bonchev–Trinajstić information content (AvgIpc) is 2.23. The number of nitrogens with zero attached hydrogens (tertiary/aromatic N) is 1. The van der Waals surface area contributed by atoms with Crippen molar-refractivity contribution in [2.24, 2.45) is 10.9 Å². The molecule has 0 heterocycles. The molecule has 15 heavy (non-hydrogen) atoms. The molecule has 0 aromatic heterocycles. The van der Waals surface area contributed by atoms with Crippen molar-refractivity contribution in [2.45, 2.75) is 13.0 Å². The highest BCUT2D eigenvalue weighted by Gasteiger charge is 2.11. The van der Waals surface area contributed by atoms with E-state index in [-0.39, 0.29) is 16.5 Å². The second-order valence-electron chi connectivity index (χ2n) is 2.99. The summed E-state index contributed by atoms with van der Waals surface area (Å²) in [5, 5.41) is 14.0. The molecule has 0 radical (unpaired) electrons. The van der Waals surface area contributed by atoms with Gasteiger partial charge in [-0.15, -0.1) is 0 Å². The molecule has 1 aromatic rings. The molecule has 0 saturated carbocycles. The van der Waals surface area contributed by atoms with Gasteiger partial charge in [-0.25, -0.2) is 4.39 Å². The number of amidine groups is 1. The van der Waals surface area contributed by atoms with Crippen LogP contribution in [0, 0.1) is 5.82 Å². The molecular weight excluding hydrogens is 221 g/mol. The van der Waals surface area contributed by atoms with Crippen molar-refractivity contribution in [3.8, 4) is 0 Å². The van der Waals surface area contributed by atoms with Crippen molar-refractivity contribution in [3.63, 3.8) is 0 Å². The van der Waals surface area contributed by atoms with Crippen LogP contribution >= 0.6 is 11.6 Å². The Morgan fingerprint density at radius 1 is 1.67 bits per heavy atom. The van der Waals surface area contributed by atoms with Crippen LogP contribution in [-0.2, 0) is 0 Å². The summed E-state index contributed by atoms with van der Waals surface area (Å²) in [7, 11) is 0. The summed E-state index contributed by atoms with van der Waals surface area (Å²) in [5.74, 6) is -0.592. The number of anilines is 1. The zero-order chi connectivity index (χ0) is 11.4. The lowest BCUT2D eigenvalue weighted by atomic mass is 10.2. The fraction of sp³-hybridized carbons (Fsp3) is 0.222. The highest BCUT2D eigenvalue weighted by atomic mass is 35.5. The zero-order valence-electron chi connectivity index (χ0n) is 8.04. The van der Waals surface area contributed by atoms with E-state index in [4.69, 9.17) is 22.5 Å². The highest BCUT2D eigenvalue weighted by Crippen LogP contribution is 2.22. The zero-order valence-corrected chi connectivity index (χ0v) is 8.79. The SMILES string of the molecule is CC(Nc1cccc(Cl)c1F)C(N)=NO. The Kier molecular flexibility index (Phi) is 3.74. The Morgan fingerprint density at radius 2 is 2.33 bits per heavy atom. The average molecular weight is 232 g/mol. The third-order valence-electron chi connectivity index (χ3n) is 1.88. The predicted molar refractivity (Wildman–Crippen MR) is 57.9 cm³/mol. The van der Waals surface area contributed by atoms with E-state index in [2.05, 4.69) is 10.5 Å². The molecule has 1 atom stereocenters. The van der Waals surface area contributed by atoms with E-state index in [1.807, 2.05) is 0 Å². The van der Waals surface area contributed by atoms with Crippen LogP contribution in [0.4, 0.5) is 10.1 Å². The molecule has 1 aromatic carbocycles. The molecule has 4 nitrogen and oxygen atoms in total. The van der Waals surface area contributed by atoms with Crippen LogP contribution in [0.1, 0.15) is 6.92 Å². The molecule has 1 unspecified atom stereocenters. The quantitative estimate of drug-likeness (QED) is 0.323. The molecule has 0 saturated heterocycles. The molecule has 0 aliphatic carbocycles. The fourth-order valence-corrected chi connectivity index (χ4v) is 1.18. The maximum Gasteiger partial charge on any atom is 0.164 e. The van der Waals surface area contributed by atoms with Gasteiger partial charge in [0.15, 0.2) is 11.7 Å². The minimum absolute atomic E-state index is 0.0201. The molecule has 6 heteroatoms. The number of nitrogens with two attached hydrogens (primary N) is 1. The van der Waals surface area contributed by atoms with Crippen molar-refractivity contribution >= 4 is 23.1 Å². The van der Waals surface area contributed by atoms with E-state index in [1.165, 1.54) is 12.1 Å². The van der Waals surface area contributed by atoms with Gasteiger partial charge in [0.25, 0.3) is 0 Å². The van der Waals surface area contributed by atoms with Crippen molar-refractivity contribution in [3.05, 3.63) is 29.0 Å². The monoisotopic (exact) mass is 231 g/mol. The smallest absolute Gasteiger partial charge is 0.164 e. The number of benzene rings is 1. The Bertz CT molecular complexity index is 384. The van der Waals surface area contributed by atoms with E-state index < -0.39 is 11.9 Å². The van der Waals surface area contributed by atoms with Crippen molar-refractivity contribution < 1.29 is 9.60 Å². The first-order chi connectivity index (χ1) is 7.06. The summed E-state index contributed by atoms with van der Waals surface area (Å²) in [6.07, 6.45) is 0. The summed E-state index contributed by atoms with van der Waals surface area (Å²) in [6.45, 7) is 1.63. The maximum absolute atomic E-state index is 13.4. The summed E-state index contributed by atoms with van der Waals surface area (Å²) in [4.78, 5) is 0. The number of nitrogens with one attached hydrogen (secondary N) is 1. The van der Waals surface area contributed by atoms with Gasteiger partial charge in [-0.3, -0.25) is 0 Å². The molecule has 1 rings (SSSR count). The van der Waals surface area contributed by atoms with E-state index in [9.17, 15) is 4.39 Å². The Hall–Kier alpha value is -1.49. The summed E-state index contributed by atoms with van der Waals surface area (Å²) < 4.78 is 13.4. The van der Waals surface area contributed by atoms with Crippen LogP contribution < -0.4 is 11.1 Å². The molecule has 0 fully saturated rings. The molecule has 0 amide bonds. The molecule has 82 valence electrons. The Labute approximate surface area is 91.5 Å². The molecule has 0 bridgehead atoms. The lowest BCUT2D eigenvalue weighted by molar-refractivity contribution is 0.316. The first-order valence-electron chi connectivity index (χ1n) is 4.24. The van der Waals surface area contributed by atoms with Gasteiger partial charge < -0.3 is 16.3 Å². The summed E-state index contributed by atoms with van der Waals surface area (Å²) >= 11 is 5.58. The Morgan fingerprint density at radius 3 is 2.93 bits per heavy atom. The third-order valence-corrected chi connectivity index (χ3v) is 2.17. The van der Waals surface area contributed by atoms with Gasteiger partial charge in [-0.2, -0.15) is 0 Å². The van der Waals surface area contributed by atoms with Crippen LogP contribution in [0.2, 0.25) is 5.02 Å². The van der Waals surface area contributed by atoms with Crippen LogP contribution in [0.3, 0.4) is 0 Å². The highest BCUT2D eigenvalue weighted by molar-refractivity contribution is 6.31. The summed E-state index contributed by atoms with van der Waals surface area (Å²) in [5.41, 5.74) is 5.54. The van der Waals surface area contributed by atoms with Gasteiger partial charge in [-0.1, -0.05) is 22.8 Å². The minimum Gasteiger partial charge on any atom is -0.409 e. The van der Waals surface area contributed by atoms with Gasteiger partial charge in [0.1, 0.15) is 0 Å². The second-order valence-corrected chi connectivity index (χ2v) is 3.40. The van der Waals surface area contributed by atoms with E-state index >= 15 is 0 Å². The predicted octanol–water partition coefficient (Wildman–Crippen LogP) is 2.03. The van der Waals surface area contributed by atoms with E-state index in [1.54, 1.807) is 13.0 Å². The molecule has 0 aliphatic heterocycles. The molecule has 4 N–H and O–H groups in total. The maximum atomic E-state index is 13.4. The topological polar surface area (TPSA) is 70.6 Å². The lowest BCUT2D eigenvalue weighted by Crippen LogP contribution is -2.33. The number of hydrogen-bond acceptors (Lipinski definition) is 3. The van der Waals surface area contributed by atoms with Crippen LogP contribution in [0.25, 0.3) is 0 Å². The van der Waals surface area contributed by atoms with Crippen molar-refractivity contribution in [1.82, 2.24) is 0 Å². The van der Waals surface area contributed by atoms with E-state index in [0.29, 0.717) is 0 Å². The van der Waals surface area contributed by atoms with Crippen LogP contribution in [0.15, 0.2) is 23.4 Å². The third kappa shape index (κ3) is 2.73. The normalized spacial score (nSPS) is 13.7. The first kappa shape index (κ1) is 11.6. The number of halogens is 2. The van der Waals surface area contributed by atoms with Crippen molar-refractivity contribution in [1.29, 1.82) is 0 Å². The number of oxime groups is 1. The van der Waals surface area contributed by atoms with Gasteiger partial charge in [0.05, 0.1) is 16.8 Å². The van der Waals surface area contributed by atoms with Crippen LogP contribution in [0.5, 0.6) is 0 Å². The molecule has 0 aliphatic rings. The minimum atomic E-state index is -0.559. The standard InChI is InChI=1S/C9H11ClFN3O/c1-5(9(12)14-15)13-7-4-2-3-6(10)8(7)11/h2-5,13,15H,1H3,(H2,12,14). The molecule has 0 spiro atoms. The fourth-order valence-electron chi connectivity index (χ4n) is 1.01. The van der Waals surface area contributed by atoms with Crippen LogP contribution in [-0.4, -0.2) is 17.1 Å². The second kappa shape index (κ2) is 4.84.